The molecule has 0 spiro atoms. The number of carbonyl (C=O) groups excluding carboxylic acids is 1. The zero-order valence-electron chi connectivity index (χ0n) is 16.8. The lowest BCUT2D eigenvalue weighted by molar-refractivity contribution is -0.132. The lowest BCUT2D eigenvalue weighted by Crippen LogP contribution is -2.44. The van der Waals surface area contributed by atoms with E-state index in [2.05, 4.69) is 25.8 Å². The summed E-state index contributed by atoms with van der Waals surface area (Å²) in [5, 5.41) is 1.70. The SMILES string of the molecule is CC[C@H]1CCCCN1C(=O)CSc1nc2cc(Cl)ccc2c(=O)n1CC(C)C. The molecule has 0 N–H and O–H groups in total. The molecule has 2 heterocycles. The molecular formula is C21H28ClN3O2S. The van der Waals surface area contributed by atoms with Gasteiger partial charge in [-0.25, -0.2) is 4.98 Å². The van der Waals surface area contributed by atoms with Crippen molar-refractivity contribution in [3.8, 4) is 0 Å². The van der Waals surface area contributed by atoms with Gasteiger partial charge in [-0.3, -0.25) is 14.2 Å². The standard InChI is InChI=1S/C21H28ClN3O2S/c1-4-16-7-5-6-10-24(16)19(26)13-28-21-23-18-11-15(22)8-9-17(18)20(27)25(21)12-14(2)3/h8-9,11,14,16H,4-7,10,12-13H2,1-3H3/t16-/m0/s1. The van der Waals surface area contributed by atoms with Crippen molar-refractivity contribution < 1.29 is 4.79 Å². The van der Waals surface area contributed by atoms with E-state index in [9.17, 15) is 9.59 Å². The molecular weight excluding hydrogens is 394 g/mol. The Morgan fingerprint density at radius 3 is 2.86 bits per heavy atom. The van der Waals surface area contributed by atoms with Gasteiger partial charge in [0.2, 0.25) is 5.91 Å². The van der Waals surface area contributed by atoms with Crippen LogP contribution in [0.2, 0.25) is 5.02 Å². The molecule has 1 aliphatic heterocycles. The molecule has 1 aromatic heterocycles. The maximum absolute atomic E-state index is 13.0. The number of hydrogen-bond acceptors (Lipinski definition) is 4. The third-order valence-corrected chi connectivity index (χ3v) is 6.37. The van der Waals surface area contributed by atoms with Gasteiger partial charge >= 0.3 is 0 Å². The van der Waals surface area contributed by atoms with Crippen LogP contribution in [0.4, 0.5) is 0 Å². The van der Waals surface area contributed by atoms with Gasteiger partial charge in [0.25, 0.3) is 5.56 Å². The fourth-order valence-electron chi connectivity index (χ4n) is 3.77. The van der Waals surface area contributed by atoms with E-state index in [1.54, 1.807) is 22.8 Å². The number of piperidine rings is 1. The number of rotatable bonds is 6. The maximum atomic E-state index is 13.0. The smallest absolute Gasteiger partial charge is 0.262 e. The zero-order valence-corrected chi connectivity index (χ0v) is 18.4. The molecule has 0 saturated carbocycles. The molecule has 2 aromatic rings. The molecule has 1 saturated heterocycles. The van der Waals surface area contributed by atoms with Crippen LogP contribution in [0.5, 0.6) is 0 Å². The fourth-order valence-corrected chi connectivity index (χ4v) is 4.83. The van der Waals surface area contributed by atoms with Crippen molar-refractivity contribution >= 4 is 40.2 Å². The first-order valence-corrected chi connectivity index (χ1v) is 11.4. The highest BCUT2D eigenvalue weighted by molar-refractivity contribution is 7.99. The summed E-state index contributed by atoms with van der Waals surface area (Å²) in [6.45, 7) is 7.67. The molecule has 3 rings (SSSR count). The molecule has 0 aliphatic carbocycles. The van der Waals surface area contributed by atoms with Gasteiger partial charge in [-0.05, 0) is 49.8 Å². The van der Waals surface area contributed by atoms with Crippen LogP contribution < -0.4 is 5.56 Å². The predicted molar refractivity (Wildman–Crippen MR) is 116 cm³/mol. The topological polar surface area (TPSA) is 55.2 Å². The Morgan fingerprint density at radius 1 is 1.36 bits per heavy atom. The van der Waals surface area contributed by atoms with E-state index in [1.165, 1.54) is 18.2 Å². The Balaban J connectivity index is 1.88. The average molecular weight is 422 g/mol. The van der Waals surface area contributed by atoms with Gasteiger partial charge in [0.05, 0.1) is 16.7 Å². The number of benzene rings is 1. The number of nitrogens with zero attached hydrogens (tertiary/aromatic N) is 3. The molecule has 0 bridgehead atoms. The molecule has 0 unspecified atom stereocenters. The number of amides is 1. The quantitative estimate of drug-likeness (QED) is 0.505. The van der Waals surface area contributed by atoms with E-state index in [-0.39, 0.29) is 11.5 Å². The summed E-state index contributed by atoms with van der Waals surface area (Å²) in [6, 6.07) is 5.48. The lowest BCUT2D eigenvalue weighted by atomic mass is 10.0. The van der Waals surface area contributed by atoms with E-state index in [1.807, 2.05) is 4.90 Å². The summed E-state index contributed by atoms with van der Waals surface area (Å²) in [6.07, 6.45) is 4.33. The Morgan fingerprint density at radius 2 is 2.14 bits per heavy atom. The van der Waals surface area contributed by atoms with Crippen LogP contribution in [0.25, 0.3) is 10.9 Å². The second-order valence-electron chi connectivity index (χ2n) is 7.80. The van der Waals surface area contributed by atoms with Gasteiger partial charge in [0.1, 0.15) is 0 Å². The lowest BCUT2D eigenvalue weighted by Gasteiger charge is -2.35. The van der Waals surface area contributed by atoms with Crippen molar-refractivity contribution in [1.82, 2.24) is 14.5 Å². The van der Waals surface area contributed by atoms with E-state index in [4.69, 9.17) is 11.6 Å². The predicted octanol–water partition coefficient (Wildman–Crippen LogP) is 4.59. The van der Waals surface area contributed by atoms with Crippen molar-refractivity contribution in [2.45, 2.75) is 64.2 Å². The summed E-state index contributed by atoms with van der Waals surface area (Å²) >= 11 is 7.45. The summed E-state index contributed by atoms with van der Waals surface area (Å²) in [7, 11) is 0. The van der Waals surface area contributed by atoms with Gasteiger partial charge < -0.3 is 4.90 Å². The number of aromatic nitrogens is 2. The molecule has 1 atom stereocenters. The number of hydrogen-bond donors (Lipinski definition) is 0. The highest BCUT2D eigenvalue weighted by Crippen LogP contribution is 2.24. The van der Waals surface area contributed by atoms with Crippen molar-refractivity contribution in [3.63, 3.8) is 0 Å². The van der Waals surface area contributed by atoms with Crippen LogP contribution in [0.1, 0.15) is 46.5 Å². The van der Waals surface area contributed by atoms with Gasteiger partial charge in [-0.2, -0.15) is 0 Å². The molecule has 152 valence electrons. The highest BCUT2D eigenvalue weighted by Gasteiger charge is 2.25. The summed E-state index contributed by atoms with van der Waals surface area (Å²) in [4.78, 5) is 32.5. The molecule has 1 amide bonds. The van der Waals surface area contributed by atoms with E-state index >= 15 is 0 Å². The first-order chi connectivity index (χ1) is 13.4. The van der Waals surface area contributed by atoms with Crippen LogP contribution in [0, 0.1) is 5.92 Å². The first kappa shape index (κ1) is 21.2. The number of halogens is 1. The van der Waals surface area contributed by atoms with Crippen molar-refractivity contribution in [3.05, 3.63) is 33.6 Å². The maximum Gasteiger partial charge on any atom is 0.262 e. The largest absolute Gasteiger partial charge is 0.339 e. The highest BCUT2D eigenvalue weighted by atomic mass is 35.5. The van der Waals surface area contributed by atoms with Crippen LogP contribution in [-0.2, 0) is 11.3 Å². The molecule has 5 nitrogen and oxygen atoms in total. The van der Waals surface area contributed by atoms with Crippen molar-refractivity contribution in [2.75, 3.05) is 12.3 Å². The molecule has 7 heteroatoms. The number of thioether (sulfide) groups is 1. The fraction of sp³-hybridized carbons (Fsp3) is 0.571. The van der Waals surface area contributed by atoms with Crippen molar-refractivity contribution in [1.29, 1.82) is 0 Å². The van der Waals surface area contributed by atoms with Crippen molar-refractivity contribution in [2.24, 2.45) is 5.92 Å². The van der Waals surface area contributed by atoms with E-state index < -0.39 is 0 Å². The minimum Gasteiger partial charge on any atom is -0.339 e. The van der Waals surface area contributed by atoms with Gasteiger partial charge in [0, 0.05) is 24.2 Å². The van der Waals surface area contributed by atoms with Crippen LogP contribution in [0.15, 0.2) is 28.2 Å². The average Bonchev–Trinajstić information content (AvgIpc) is 2.68. The Bertz CT molecular complexity index is 912. The number of fused-ring (bicyclic) bond motifs is 1. The second-order valence-corrected chi connectivity index (χ2v) is 9.18. The van der Waals surface area contributed by atoms with Crippen LogP contribution >= 0.6 is 23.4 Å². The van der Waals surface area contributed by atoms with E-state index in [0.717, 1.165) is 25.8 Å². The molecule has 1 fully saturated rings. The second kappa shape index (κ2) is 9.31. The summed E-state index contributed by atoms with van der Waals surface area (Å²) in [5.41, 5.74) is 0.506. The van der Waals surface area contributed by atoms with Crippen LogP contribution in [-0.4, -0.2) is 38.7 Å². The minimum absolute atomic E-state index is 0.0743. The van der Waals surface area contributed by atoms with Gasteiger partial charge in [-0.15, -0.1) is 0 Å². The third-order valence-electron chi connectivity index (χ3n) is 5.17. The van der Waals surface area contributed by atoms with Crippen LogP contribution in [0.3, 0.4) is 0 Å². The normalized spacial score (nSPS) is 17.5. The molecule has 1 aliphatic rings. The van der Waals surface area contributed by atoms with Gasteiger partial charge in [0.15, 0.2) is 5.16 Å². The molecule has 28 heavy (non-hydrogen) atoms. The molecule has 0 radical (unpaired) electrons. The Labute approximate surface area is 175 Å². The number of carbonyl (C=O) groups is 1. The monoisotopic (exact) mass is 421 g/mol. The van der Waals surface area contributed by atoms with Gasteiger partial charge in [-0.1, -0.05) is 44.1 Å². The molecule has 1 aromatic carbocycles. The summed E-state index contributed by atoms with van der Waals surface area (Å²) < 4.78 is 1.70. The summed E-state index contributed by atoms with van der Waals surface area (Å²) in [5.74, 6) is 0.728. The Hall–Kier alpha value is -1.53. The third kappa shape index (κ3) is 4.71. The van der Waals surface area contributed by atoms with E-state index in [0.29, 0.717) is 45.3 Å². The first-order valence-electron chi connectivity index (χ1n) is 10.0. The minimum atomic E-state index is -0.0743. The zero-order chi connectivity index (χ0) is 20.3. The Kier molecular flexibility index (Phi) is 7.05. The number of likely N-dealkylation sites (tertiary alicyclic amines) is 1.